The van der Waals surface area contributed by atoms with Crippen LogP contribution in [0.2, 0.25) is 0 Å². The second kappa shape index (κ2) is 7.75. The zero-order valence-corrected chi connectivity index (χ0v) is 13.1. The highest BCUT2D eigenvalue weighted by atomic mass is 32.2. The molecule has 11 heteroatoms. The Morgan fingerprint density at radius 1 is 1.39 bits per heavy atom. The Labute approximate surface area is 134 Å². The summed E-state index contributed by atoms with van der Waals surface area (Å²) < 4.78 is 38.8. The molecule has 4 N–H and O–H groups in total. The van der Waals surface area contributed by atoms with Crippen molar-refractivity contribution < 1.29 is 32.7 Å². The average molecular weight is 357 g/mol. The van der Waals surface area contributed by atoms with Crippen LogP contribution in [-0.4, -0.2) is 65.2 Å². The van der Waals surface area contributed by atoms with Crippen molar-refractivity contribution in [2.75, 3.05) is 25.1 Å². The minimum absolute atomic E-state index is 0.188. The van der Waals surface area contributed by atoms with Crippen LogP contribution in [0.4, 0.5) is 18.0 Å². The molecule has 7 nitrogen and oxygen atoms in total. The number of alkyl halides is 3. The van der Waals surface area contributed by atoms with E-state index in [4.69, 9.17) is 10.8 Å². The van der Waals surface area contributed by atoms with E-state index in [2.05, 4.69) is 5.32 Å². The highest BCUT2D eigenvalue weighted by Gasteiger charge is 2.54. The van der Waals surface area contributed by atoms with Gasteiger partial charge < -0.3 is 21.1 Å². The van der Waals surface area contributed by atoms with Crippen LogP contribution in [0.25, 0.3) is 0 Å². The molecule has 1 saturated heterocycles. The number of halogens is 3. The van der Waals surface area contributed by atoms with Crippen LogP contribution < -0.4 is 11.1 Å². The molecular weight excluding hydrogens is 339 g/mol. The minimum atomic E-state index is -4.72. The highest BCUT2D eigenvalue weighted by molar-refractivity contribution is 7.98. The van der Waals surface area contributed by atoms with Gasteiger partial charge in [0.25, 0.3) is 0 Å². The summed E-state index contributed by atoms with van der Waals surface area (Å²) in [5.74, 6) is -5.72. The summed E-state index contributed by atoms with van der Waals surface area (Å²) in [7, 11) is 0. The van der Waals surface area contributed by atoms with Gasteiger partial charge in [0.2, 0.25) is 5.91 Å². The first-order valence-electron chi connectivity index (χ1n) is 6.71. The second-order valence-electron chi connectivity index (χ2n) is 5.18. The Balaban J connectivity index is 2.89. The molecule has 132 valence electrons. The average Bonchev–Trinajstić information content (AvgIpc) is 2.87. The van der Waals surface area contributed by atoms with Gasteiger partial charge in [-0.25, -0.2) is 4.79 Å². The fourth-order valence-electron chi connectivity index (χ4n) is 2.45. The van der Waals surface area contributed by atoms with E-state index in [9.17, 15) is 27.6 Å². The van der Waals surface area contributed by atoms with Crippen molar-refractivity contribution in [3.05, 3.63) is 0 Å². The SMILES string of the molecule is CSCCC(NC(N)=O)C(=O)N1C[C@@H](C(F)(F)F)[C@H](C(=O)O)C1. The summed E-state index contributed by atoms with van der Waals surface area (Å²) in [4.78, 5) is 35.1. The van der Waals surface area contributed by atoms with Crippen LogP contribution in [0.5, 0.6) is 0 Å². The molecule has 0 aromatic carbocycles. The summed E-state index contributed by atoms with van der Waals surface area (Å²) in [5.41, 5.74) is 4.97. The number of hydrogen-bond donors (Lipinski definition) is 3. The number of primary amides is 1. The Kier molecular flexibility index (Phi) is 6.54. The van der Waals surface area contributed by atoms with E-state index >= 15 is 0 Å². The quantitative estimate of drug-likeness (QED) is 0.641. The zero-order chi connectivity index (χ0) is 17.8. The van der Waals surface area contributed by atoms with Gasteiger partial charge >= 0.3 is 18.2 Å². The first-order chi connectivity index (χ1) is 10.6. The number of nitrogens with one attached hydrogen (secondary N) is 1. The van der Waals surface area contributed by atoms with E-state index in [1.165, 1.54) is 11.8 Å². The van der Waals surface area contributed by atoms with Gasteiger partial charge in [0.05, 0.1) is 11.8 Å². The van der Waals surface area contributed by atoms with E-state index in [1.807, 2.05) is 0 Å². The van der Waals surface area contributed by atoms with Gasteiger partial charge in [0.1, 0.15) is 6.04 Å². The van der Waals surface area contributed by atoms with E-state index in [0.717, 1.165) is 4.90 Å². The Morgan fingerprint density at radius 2 is 2.00 bits per heavy atom. The number of thioether (sulfide) groups is 1. The number of carbonyl (C=O) groups is 3. The van der Waals surface area contributed by atoms with Gasteiger partial charge in [0.15, 0.2) is 0 Å². The lowest BCUT2D eigenvalue weighted by Gasteiger charge is -2.24. The number of likely N-dealkylation sites (tertiary alicyclic amines) is 1. The summed E-state index contributed by atoms with van der Waals surface area (Å²) in [6, 6.07) is -2.04. The molecule has 0 spiro atoms. The normalized spacial score (nSPS) is 22.7. The van der Waals surface area contributed by atoms with Crippen LogP contribution >= 0.6 is 11.8 Å². The van der Waals surface area contributed by atoms with Gasteiger partial charge in [-0.2, -0.15) is 24.9 Å². The predicted octanol–water partition coefficient (Wildman–Crippen LogP) is 0.498. The second-order valence-corrected chi connectivity index (χ2v) is 6.16. The smallest absolute Gasteiger partial charge is 0.394 e. The van der Waals surface area contributed by atoms with Crippen molar-refractivity contribution in [1.29, 1.82) is 0 Å². The van der Waals surface area contributed by atoms with Crippen LogP contribution in [-0.2, 0) is 9.59 Å². The van der Waals surface area contributed by atoms with Crippen molar-refractivity contribution in [2.24, 2.45) is 17.6 Å². The molecule has 1 heterocycles. The maximum atomic E-state index is 12.9. The molecule has 1 unspecified atom stereocenters. The number of carbonyl (C=O) groups excluding carboxylic acids is 2. The molecule has 0 radical (unpaired) electrons. The number of carboxylic acids is 1. The van der Waals surface area contributed by atoms with Crippen molar-refractivity contribution in [3.63, 3.8) is 0 Å². The molecule has 0 aromatic rings. The number of aliphatic carboxylic acids is 1. The lowest BCUT2D eigenvalue weighted by atomic mass is 9.96. The van der Waals surface area contributed by atoms with E-state index < -0.39 is 55.1 Å². The molecular formula is C12H18F3N3O4S. The van der Waals surface area contributed by atoms with Gasteiger partial charge in [0, 0.05) is 13.1 Å². The van der Waals surface area contributed by atoms with Gasteiger partial charge in [-0.15, -0.1) is 0 Å². The van der Waals surface area contributed by atoms with Crippen LogP contribution in [0.3, 0.4) is 0 Å². The molecule has 0 aliphatic carbocycles. The monoisotopic (exact) mass is 357 g/mol. The molecule has 1 rings (SSSR count). The Hall–Kier alpha value is -1.65. The number of amides is 3. The molecule has 0 saturated carbocycles. The first kappa shape index (κ1) is 19.4. The fraction of sp³-hybridized carbons (Fsp3) is 0.750. The lowest BCUT2D eigenvalue weighted by Crippen LogP contribution is -2.50. The summed E-state index contributed by atoms with van der Waals surface area (Å²) in [6.07, 6.45) is -2.76. The number of rotatable bonds is 6. The maximum absolute atomic E-state index is 12.9. The van der Waals surface area contributed by atoms with Gasteiger partial charge in [-0.3, -0.25) is 9.59 Å². The third-order valence-electron chi connectivity index (χ3n) is 3.59. The van der Waals surface area contributed by atoms with Gasteiger partial charge in [-0.1, -0.05) is 0 Å². The third kappa shape index (κ3) is 5.19. The predicted molar refractivity (Wildman–Crippen MR) is 76.8 cm³/mol. The van der Waals surface area contributed by atoms with Crippen LogP contribution in [0, 0.1) is 11.8 Å². The number of carboxylic acid groups (broad SMARTS) is 1. The summed E-state index contributed by atoms with van der Waals surface area (Å²) >= 11 is 1.39. The molecule has 23 heavy (non-hydrogen) atoms. The Morgan fingerprint density at radius 3 is 2.39 bits per heavy atom. The number of nitrogens with two attached hydrogens (primary N) is 1. The van der Waals surface area contributed by atoms with Crippen molar-refractivity contribution in [2.45, 2.75) is 18.6 Å². The van der Waals surface area contributed by atoms with Crippen molar-refractivity contribution >= 4 is 29.7 Å². The molecule has 1 aliphatic heterocycles. The third-order valence-corrected chi connectivity index (χ3v) is 4.24. The van der Waals surface area contributed by atoms with Crippen LogP contribution in [0.1, 0.15) is 6.42 Å². The summed E-state index contributed by atoms with van der Waals surface area (Å²) in [5, 5.41) is 11.1. The van der Waals surface area contributed by atoms with Crippen LogP contribution in [0.15, 0.2) is 0 Å². The largest absolute Gasteiger partial charge is 0.481 e. The van der Waals surface area contributed by atoms with E-state index in [0.29, 0.717) is 5.75 Å². The molecule has 3 atom stereocenters. The zero-order valence-electron chi connectivity index (χ0n) is 12.3. The minimum Gasteiger partial charge on any atom is -0.481 e. The molecule has 0 bridgehead atoms. The van der Waals surface area contributed by atoms with Crippen molar-refractivity contribution in [3.8, 4) is 0 Å². The molecule has 3 amide bonds. The number of hydrogen-bond acceptors (Lipinski definition) is 4. The maximum Gasteiger partial charge on any atom is 0.394 e. The number of urea groups is 1. The highest BCUT2D eigenvalue weighted by Crippen LogP contribution is 2.38. The first-order valence-corrected chi connectivity index (χ1v) is 8.10. The lowest BCUT2D eigenvalue weighted by molar-refractivity contribution is -0.188. The Bertz CT molecular complexity index is 475. The topological polar surface area (TPSA) is 113 Å². The molecule has 1 fully saturated rings. The van der Waals surface area contributed by atoms with E-state index in [1.54, 1.807) is 6.26 Å². The van der Waals surface area contributed by atoms with Crippen molar-refractivity contribution in [1.82, 2.24) is 10.2 Å². The summed E-state index contributed by atoms with van der Waals surface area (Å²) in [6.45, 7) is -1.29. The van der Waals surface area contributed by atoms with Gasteiger partial charge in [-0.05, 0) is 18.4 Å². The standard InChI is InChI=1S/C12H18F3N3O4S/c1-23-3-2-8(17-11(16)22)9(19)18-4-6(10(20)21)7(5-18)12(13,14)15/h6-8H,2-5H2,1H3,(H,20,21)(H3,16,17,22)/t6-,7-,8?/m1/s1. The molecule has 1 aliphatic rings. The fourth-order valence-corrected chi connectivity index (χ4v) is 2.92. The van der Waals surface area contributed by atoms with E-state index in [-0.39, 0.29) is 6.42 Å². The number of nitrogens with zero attached hydrogens (tertiary/aromatic N) is 1. The molecule has 0 aromatic heterocycles.